The lowest BCUT2D eigenvalue weighted by molar-refractivity contribution is 0.226. The lowest BCUT2D eigenvalue weighted by Crippen LogP contribution is -2.47. The van der Waals surface area contributed by atoms with Gasteiger partial charge in [0.2, 0.25) is 0 Å². The molecule has 0 saturated heterocycles. The van der Waals surface area contributed by atoms with Crippen LogP contribution in [0, 0.1) is 5.92 Å². The highest BCUT2D eigenvalue weighted by Gasteiger charge is 2.26. The van der Waals surface area contributed by atoms with Gasteiger partial charge in [0.05, 0.1) is 0 Å². The Kier molecular flexibility index (Phi) is 3.96. The van der Waals surface area contributed by atoms with E-state index in [0.29, 0.717) is 12.1 Å². The SMILES string of the molecule is CC(NC(C)(C)C)C1CCCC(N)C1. The smallest absolute Gasteiger partial charge is 0.00990 e. The van der Waals surface area contributed by atoms with E-state index in [0.717, 1.165) is 5.92 Å². The Hall–Kier alpha value is -0.0800. The summed E-state index contributed by atoms with van der Waals surface area (Å²) < 4.78 is 0. The molecule has 84 valence electrons. The highest BCUT2D eigenvalue weighted by atomic mass is 15.0. The van der Waals surface area contributed by atoms with Crippen LogP contribution in [0.5, 0.6) is 0 Å². The molecule has 2 nitrogen and oxygen atoms in total. The Morgan fingerprint density at radius 3 is 2.43 bits per heavy atom. The third-order valence-electron chi connectivity index (χ3n) is 3.12. The number of rotatable bonds is 2. The van der Waals surface area contributed by atoms with Crippen molar-refractivity contribution in [3.8, 4) is 0 Å². The largest absolute Gasteiger partial charge is 0.328 e. The van der Waals surface area contributed by atoms with E-state index in [9.17, 15) is 0 Å². The van der Waals surface area contributed by atoms with Gasteiger partial charge in [-0.25, -0.2) is 0 Å². The summed E-state index contributed by atoms with van der Waals surface area (Å²) in [4.78, 5) is 0. The van der Waals surface area contributed by atoms with Gasteiger partial charge < -0.3 is 11.1 Å². The zero-order valence-electron chi connectivity index (χ0n) is 10.1. The summed E-state index contributed by atoms with van der Waals surface area (Å²) in [5, 5.41) is 3.65. The molecule has 0 aromatic heterocycles. The molecule has 3 unspecified atom stereocenters. The summed E-state index contributed by atoms with van der Waals surface area (Å²) in [6.45, 7) is 8.98. The molecule has 2 heteroatoms. The third kappa shape index (κ3) is 3.97. The van der Waals surface area contributed by atoms with Gasteiger partial charge in [-0.3, -0.25) is 0 Å². The molecule has 1 rings (SSSR count). The van der Waals surface area contributed by atoms with E-state index in [1.54, 1.807) is 0 Å². The maximum Gasteiger partial charge on any atom is 0.00990 e. The van der Waals surface area contributed by atoms with E-state index < -0.39 is 0 Å². The van der Waals surface area contributed by atoms with Crippen molar-refractivity contribution in [3.63, 3.8) is 0 Å². The maximum atomic E-state index is 6.00. The predicted octanol–water partition coefficient (Wildman–Crippen LogP) is 2.28. The van der Waals surface area contributed by atoms with E-state index in [2.05, 4.69) is 33.0 Å². The van der Waals surface area contributed by atoms with Crippen molar-refractivity contribution in [2.45, 2.75) is 71.0 Å². The first-order chi connectivity index (χ1) is 6.38. The first kappa shape index (κ1) is 12.0. The Morgan fingerprint density at radius 2 is 1.93 bits per heavy atom. The van der Waals surface area contributed by atoms with Crippen LogP contribution in [0.25, 0.3) is 0 Å². The van der Waals surface area contributed by atoms with Gasteiger partial charge in [-0.1, -0.05) is 6.42 Å². The van der Waals surface area contributed by atoms with Crippen molar-refractivity contribution in [1.29, 1.82) is 0 Å². The van der Waals surface area contributed by atoms with Crippen LogP contribution in [0.2, 0.25) is 0 Å². The van der Waals surface area contributed by atoms with Gasteiger partial charge in [0.1, 0.15) is 0 Å². The zero-order chi connectivity index (χ0) is 10.8. The number of hydrogen-bond acceptors (Lipinski definition) is 2. The van der Waals surface area contributed by atoms with Crippen molar-refractivity contribution >= 4 is 0 Å². The van der Waals surface area contributed by atoms with Gasteiger partial charge in [-0.05, 0) is 52.9 Å². The second kappa shape index (κ2) is 4.63. The quantitative estimate of drug-likeness (QED) is 0.714. The molecule has 0 heterocycles. The van der Waals surface area contributed by atoms with Crippen molar-refractivity contribution in [1.82, 2.24) is 5.32 Å². The summed E-state index contributed by atoms with van der Waals surface area (Å²) in [5.74, 6) is 0.776. The van der Waals surface area contributed by atoms with Crippen molar-refractivity contribution in [2.75, 3.05) is 0 Å². The Bertz CT molecular complexity index is 172. The summed E-state index contributed by atoms with van der Waals surface area (Å²) in [6.07, 6.45) is 5.07. The van der Waals surface area contributed by atoms with Gasteiger partial charge in [0, 0.05) is 17.6 Å². The average molecular weight is 198 g/mol. The minimum Gasteiger partial charge on any atom is -0.328 e. The first-order valence-corrected chi connectivity index (χ1v) is 5.92. The molecule has 1 saturated carbocycles. The molecule has 1 fully saturated rings. The van der Waals surface area contributed by atoms with Gasteiger partial charge in [0.25, 0.3) is 0 Å². The van der Waals surface area contributed by atoms with Crippen molar-refractivity contribution in [2.24, 2.45) is 11.7 Å². The Morgan fingerprint density at radius 1 is 1.29 bits per heavy atom. The monoisotopic (exact) mass is 198 g/mol. The van der Waals surface area contributed by atoms with Crippen LogP contribution in [0.1, 0.15) is 53.4 Å². The molecule has 0 radical (unpaired) electrons. The summed E-state index contributed by atoms with van der Waals surface area (Å²) in [5.41, 5.74) is 6.22. The Balaban J connectivity index is 2.39. The zero-order valence-corrected chi connectivity index (χ0v) is 10.1. The second-order valence-corrected chi connectivity index (χ2v) is 5.87. The van der Waals surface area contributed by atoms with Gasteiger partial charge in [0.15, 0.2) is 0 Å². The van der Waals surface area contributed by atoms with E-state index >= 15 is 0 Å². The minimum absolute atomic E-state index is 0.223. The Labute approximate surface area is 88.6 Å². The normalized spacial score (nSPS) is 31.5. The summed E-state index contributed by atoms with van der Waals surface area (Å²) in [6, 6.07) is 1.04. The standard InChI is InChI=1S/C12H26N2/c1-9(14-12(2,3)4)10-6-5-7-11(13)8-10/h9-11,14H,5-8,13H2,1-4H3. The van der Waals surface area contributed by atoms with E-state index in [1.165, 1.54) is 25.7 Å². The molecular formula is C12H26N2. The molecule has 3 atom stereocenters. The second-order valence-electron chi connectivity index (χ2n) is 5.87. The van der Waals surface area contributed by atoms with Crippen molar-refractivity contribution < 1.29 is 0 Å². The van der Waals surface area contributed by atoms with Crippen LogP contribution in [-0.4, -0.2) is 17.6 Å². The fourth-order valence-electron chi connectivity index (χ4n) is 2.52. The van der Waals surface area contributed by atoms with Crippen LogP contribution in [0.4, 0.5) is 0 Å². The van der Waals surface area contributed by atoms with Gasteiger partial charge >= 0.3 is 0 Å². The fraction of sp³-hybridized carbons (Fsp3) is 1.00. The topological polar surface area (TPSA) is 38.0 Å². The van der Waals surface area contributed by atoms with Gasteiger partial charge in [-0.2, -0.15) is 0 Å². The lowest BCUT2D eigenvalue weighted by Gasteiger charge is -2.35. The first-order valence-electron chi connectivity index (χ1n) is 5.92. The third-order valence-corrected chi connectivity index (χ3v) is 3.12. The number of nitrogens with one attached hydrogen (secondary N) is 1. The molecular weight excluding hydrogens is 172 g/mol. The molecule has 3 N–H and O–H groups in total. The van der Waals surface area contributed by atoms with E-state index in [-0.39, 0.29) is 5.54 Å². The van der Waals surface area contributed by atoms with Crippen LogP contribution in [-0.2, 0) is 0 Å². The van der Waals surface area contributed by atoms with Crippen LogP contribution in [0.15, 0.2) is 0 Å². The number of hydrogen-bond donors (Lipinski definition) is 2. The average Bonchev–Trinajstić information content (AvgIpc) is 2.01. The molecule has 0 spiro atoms. The van der Waals surface area contributed by atoms with Crippen LogP contribution < -0.4 is 11.1 Å². The van der Waals surface area contributed by atoms with Crippen molar-refractivity contribution in [3.05, 3.63) is 0 Å². The van der Waals surface area contributed by atoms with E-state index in [1.807, 2.05) is 0 Å². The molecule has 0 bridgehead atoms. The van der Waals surface area contributed by atoms with Crippen LogP contribution in [0.3, 0.4) is 0 Å². The van der Waals surface area contributed by atoms with Crippen LogP contribution >= 0.6 is 0 Å². The fourth-order valence-corrected chi connectivity index (χ4v) is 2.52. The summed E-state index contributed by atoms with van der Waals surface area (Å²) >= 11 is 0. The molecule has 0 aromatic carbocycles. The summed E-state index contributed by atoms with van der Waals surface area (Å²) in [7, 11) is 0. The molecule has 1 aliphatic rings. The lowest BCUT2D eigenvalue weighted by atomic mass is 9.81. The molecule has 0 amide bonds. The van der Waals surface area contributed by atoms with E-state index in [4.69, 9.17) is 5.73 Å². The van der Waals surface area contributed by atoms with Gasteiger partial charge in [-0.15, -0.1) is 0 Å². The number of nitrogens with two attached hydrogens (primary N) is 1. The maximum absolute atomic E-state index is 6.00. The highest BCUT2D eigenvalue weighted by molar-refractivity contribution is 4.85. The molecule has 14 heavy (non-hydrogen) atoms. The molecule has 1 aliphatic carbocycles. The highest BCUT2D eigenvalue weighted by Crippen LogP contribution is 2.26. The predicted molar refractivity (Wildman–Crippen MR) is 62.3 cm³/mol. The molecule has 0 aromatic rings. The minimum atomic E-state index is 0.223. The molecule has 0 aliphatic heterocycles.